The van der Waals surface area contributed by atoms with Crippen molar-refractivity contribution in [2.75, 3.05) is 24.5 Å². The van der Waals surface area contributed by atoms with Crippen molar-refractivity contribution >= 4 is 17.4 Å². The van der Waals surface area contributed by atoms with Gasteiger partial charge in [0.25, 0.3) is 0 Å². The normalized spacial score (nSPS) is 17.1. The molecule has 2 N–H and O–H groups in total. The topological polar surface area (TPSA) is 66.7 Å². The summed E-state index contributed by atoms with van der Waals surface area (Å²) in [5.74, 6) is 0.816. The number of aliphatic hydroxyl groups excluding tert-OH is 1. The molecule has 1 aliphatic rings. The molecule has 1 aromatic carbocycles. The summed E-state index contributed by atoms with van der Waals surface area (Å²) in [7, 11) is 0. The Morgan fingerprint density at radius 2 is 2.00 bits per heavy atom. The van der Waals surface area contributed by atoms with Crippen LogP contribution in [0.25, 0.3) is 0 Å². The highest BCUT2D eigenvalue weighted by Crippen LogP contribution is 2.24. The largest absolute Gasteiger partial charge is 0.393 e. The zero-order valence-corrected chi connectivity index (χ0v) is 13.5. The van der Waals surface area contributed by atoms with E-state index in [9.17, 15) is 4.79 Å². The fraction of sp³-hybridized carbons (Fsp3) is 0.588. The minimum Gasteiger partial charge on any atom is -0.393 e. The molecule has 1 aliphatic heterocycles. The van der Waals surface area contributed by atoms with Crippen LogP contribution in [0.2, 0.25) is 0 Å². The molecule has 1 atom stereocenters. The van der Waals surface area contributed by atoms with Gasteiger partial charge in [0.15, 0.2) is 0 Å². The van der Waals surface area contributed by atoms with Crippen LogP contribution >= 0.6 is 0 Å². The summed E-state index contributed by atoms with van der Waals surface area (Å²) >= 11 is 0. The van der Waals surface area contributed by atoms with Gasteiger partial charge in [-0.05, 0) is 56.4 Å². The van der Waals surface area contributed by atoms with E-state index in [1.165, 1.54) is 18.5 Å². The second kappa shape index (κ2) is 8.03. The van der Waals surface area contributed by atoms with Gasteiger partial charge < -0.3 is 15.3 Å². The zero-order chi connectivity index (χ0) is 15.9. The molecule has 1 aromatic rings. The molecule has 5 nitrogen and oxygen atoms in total. The highest BCUT2D eigenvalue weighted by atomic mass is 16.3. The molecule has 0 aromatic heterocycles. The van der Waals surface area contributed by atoms with Gasteiger partial charge in [0.05, 0.1) is 11.8 Å². The first-order valence-corrected chi connectivity index (χ1v) is 8.07. The molecule has 1 heterocycles. The number of anilines is 1. The fourth-order valence-corrected chi connectivity index (χ4v) is 2.55. The molecule has 5 heteroatoms. The molecular formula is C17H26N3O2. The van der Waals surface area contributed by atoms with Crippen molar-refractivity contribution in [3.8, 4) is 0 Å². The first-order chi connectivity index (χ1) is 10.5. The van der Waals surface area contributed by atoms with E-state index in [-0.39, 0.29) is 6.03 Å². The van der Waals surface area contributed by atoms with E-state index in [0.717, 1.165) is 19.0 Å². The lowest BCUT2D eigenvalue weighted by Gasteiger charge is -2.32. The minimum absolute atomic E-state index is 0.361. The predicted molar refractivity (Wildman–Crippen MR) is 88.5 cm³/mol. The Balaban J connectivity index is 1.80. The Hall–Kier alpha value is -1.75. The first kappa shape index (κ1) is 16.6. The summed E-state index contributed by atoms with van der Waals surface area (Å²) in [4.78, 5) is 14.0. The summed E-state index contributed by atoms with van der Waals surface area (Å²) in [5.41, 5.74) is 1.85. The number of urea groups is 1. The number of rotatable bonds is 5. The number of nitrogens with one attached hydrogen (secondary N) is 1. The van der Waals surface area contributed by atoms with Crippen molar-refractivity contribution in [2.45, 2.75) is 39.2 Å². The second-order valence-electron chi connectivity index (χ2n) is 6.17. The third-order valence-electron chi connectivity index (χ3n) is 4.07. The van der Waals surface area contributed by atoms with E-state index in [1.807, 2.05) is 24.3 Å². The maximum Gasteiger partial charge on any atom is 0.341 e. The third-order valence-corrected chi connectivity index (χ3v) is 4.07. The van der Waals surface area contributed by atoms with Gasteiger partial charge in [-0.2, -0.15) is 5.32 Å². The van der Waals surface area contributed by atoms with Crippen LogP contribution in [-0.4, -0.2) is 36.9 Å². The van der Waals surface area contributed by atoms with Gasteiger partial charge >= 0.3 is 6.03 Å². The van der Waals surface area contributed by atoms with Crippen LogP contribution in [0.4, 0.5) is 16.2 Å². The molecule has 121 valence electrons. The number of benzene rings is 1. The smallest absolute Gasteiger partial charge is 0.341 e. The molecule has 2 rings (SSSR count). The highest BCUT2D eigenvalue weighted by Gasteiger charge is 2.16. The maximum atomic E-state index is 11.6. The fourth-order valence-electron chi connectivity index (χ4n) is 2.55. The van der Waals surface area contributed by atoms with Crippen molar-refractivity contribution in [3.05, 3.63) is 24.3 Å². The third kappa shape index (κ3) is 5.22. The van der Waals surface area contributed by atoms with Crippen LogP contribution in [0.3, 0.4) is 0 Å². The van der Waals surface area contributed by atoms with Gasteiger partial charge in [0, 0.05) is 25.3 Å². The number of nitrogens with zero attached hydrogens (tertiary/aromatic N) is 2. The molecule has 0 spiro atoms. The average Bonchev–Trinajstić information content (AvgIpc) is 2.48. The number of hydrogen-bond acceptors (Lipinski definition) is 3. The summed E-state index contributed by atoms with van der Waals surface area (Å²) in [5, 5.41) is 15.8. The van der Waals surface area contributed by atoms with Crippen molar-refractivity contribution in [2.24, 2.45) is 5.92 Å². The SMILES string of the molecule is CC(O)CCNC(=O)[N]c1ccc(N2CCC(C)CC2)cc1. The Morgan fingerprint density at radius 1 is 1.36 bits per heavy atom. The van der Waals surface area contributed by atoms with Crippen LogP contribution in [0, 0.1) is 5.92 Å². The predicted octanol–water partition coefficient (Wildman–Crippen LogP) is 2.64. The number of amides is 2. The average molecular weight is 304 g/mol. The molecule has 0 saturated carbocycles. The van der Waals surface area contributed by atoms with E-state index < -0.39 is 6.10 Å². The number of carbonyl (C=O) groups excluding carboxylic acids is 1. The van der Waals surface area contributed by atoms with Crippen LogP contribution in [-0.2, 0) is 0 Å². The Labute approximate surface area is 132 Å². The van der Waals surface area contributed by atoms with E-state index in [4.69, 9.17) is 5.11 Å². The summed E-state index contributed by atoms with van der Waals surface area (Å²) in [6, 6.07) is 7.44. The quantitative estimate of drug-likeness (QED) is 0.879. The maximum absolute atomic E-state index is 11.6. The first-order valence-electron chi connectivity index (χ1n) is 8.07. The number of hydrogen-bond donors (Lipinski definition) is 2. The number of aliphatic hydroxyl groups is 1. The molecular weight excluding hydrogens is 278 g/mol. The van der Waals surface area contributed by atoms with Crippen LogP contribution < -0.4 is 15.5 Å². The lowest BCUT2D eigenvalue weighted by molar-refractivity contribution is 0.183. The van der Waals surface area contributed by atoms with E-state index >= 15 is 0 Å². The van der Waals surface area contributed by atoms with E-state index in [2.05, 4.69) is 22.5 Å². The molecule has 1 saturated heterocycles. The summed E-state index contributed by atoms with van der Waals surface area (Å²) < 4.78 is 0. The molecule has 1 fully saturated rings. The van der Waals surface area contributed by atoms with Gasteiger partial charge in [0.1, 0.15) is 0 Å². The van der Waals surface area contributed by atoms with Gasteiger partial charge in [0.2, 0.25) is 0 Å². The van der Waals surface area contributed by atoms with E-state index in [0.29, 0.717) is 18.7 Å². The molecule has 1 unspecified atom stereocenters. The van der Waals surface area contributed by atoms with Gasteiger partial charge in [-0.1, -0.05) is 6.92 Å². The van der Waals surface area contributed by atoms with Crippen molar-refractivity contribution in [3.63, 3.8) is 0 Å². The van der Waals surface area contributed by atoms with Crippen molar-refractivity contribution in [1.82, 2.24) is 10.6 Å². The molecule has 0 bridgehead atoms. The van der Waals surface area contributed by atoms with Gasteiger partial charge in [-0.15, -0.1) is 0 Å². The minimum atomic E-state index is -0.410. The van der Waals surface area contributed by atoms with Crippen LogP contribution in [0.5, 0.6) is 0 Å². The number of piperidine rings is 1. The molecule has 2 amide bonds. The molecule has 1 radical (unpaired) electrons. The Morgan fingerprint density at radius 3 is 2.59 bits per heavy atom. The Kier molecular flexibility index (Phi) is 6.07. The van der Waals surface area contributed by atoms with Crippen molar-refractivity contribution in [1.29, 1.82) is 0 Å². The van der Waals surface area contributed by atoms with Gasteiger partial charge in [-0.25, -0.2) is 4.79 Å². The lowest BCUT2D eigenvalue weighted by atomic mass is 9.99. The van der Waals surface area contributed by atoms with Crippen LogP contribution in [0.1, 0.15) is 33.1 Å². The van der Waals surface area contributed by atoms with Crippen LogP contribution in [0.15, 0.2) is 24.3 Å². The second-order valence-corrected chi connectivity index (χ2v) is 6.17. The summed E-state index contributed by atoms with van der Waals surface area (Å²) in [6.45, 7) is 6.62. The number of carbonyl (C=O) groups is 1. The zero-order valence-electron chi connectivity index (χ0n) is 13.5. The van der Waals surface area contributed by atoms with E-state index in [1.54, 1.807) is 6.92 Å². The highest BCUT2D eigenvalue weighted by molar-refractivity contribution is 5.79. The Bertz CT molecular complexity index is 465. The molecule has 0 aliphatic carbocycles. The summed E-state index contributed by atoms with van der Waals surface area (Å²) in [6.07, 6.45) is 2.59. The lowest BCUT2D eigenvalue weighted by Crippen LogP contribution is -2.32. The van der Waals surface area contributed by atoms with Gasteiger partial charge in [-0.3, -0.25) is 0 Å². The molecule has 22 heavy (non-hydrogen) atoms. The standard InChI is InChI=1S/C17H26N3O2/c1-13-8-11-20(12-9-13)16-5-3-15(4-6-16)19-17(22)18-10-7-14(2)21/h3-6,13-14,21H,7-12H2,1-2H3,(H,18,22). The monoisotopic (exact) mass is 304 g/mol. The van der Waals surface area contributed by atoms with Crippen molar-refractivity contribution < 1.29 is 9.90 Å².